The van der Waals surface area contributed by atoms with E-state index in [-0.39, 0.29) is 0 Å². The first kappa shape index (κ1) is 17.9. The smallest absolute Gasteiger partial charge is 0.248 e. The summed E-state index contributed by atoms with van der Waals surface area (Å²) in [5.74, 6) is -0.424. The highest BCUT2D eigenvalue weighted by Gasteiger charge is 2.29. The molecule has 1 amide bonds. The molecule has 0 saturated heterocycles. The summed E-state index contributed by atoms with van der Waals surface area (Å²) >= 11 is 0. The van der Waals surface area contributed by atoms with Crippen LogP contribution in [0.15, 0.2) is 42.7 Å². The number of carbonyl (C=O) groups excluding carboxylic acids is 1. The van der Waals surface area contributed by atoms with Crippen LogP contribution in [0.1, 0.15) is 18.1 Å². The van der Waals surface area contributed by atoms with Gasteiger partial charge in [0.1, 0.15) is 6.04 Å². The van der Waals surface area contributed by atoms with Gasteiger partial charge in [0.2, 0.25) is 15.9 Å². The van der Waals surface area contributed by atoms with E-state index >= 15 is 0 Å². The number of pyridine rings is 1. The molecule has 2 rings (SSSR count). The fourth-order valence-electron chi connectivity index (χ4n) is 2.35. The predicted molar refractivity (Wildman–Crippen MR) is 95.6 cm³/mol. The van der Waals surface area contributed by atoms with E-state index in [0.29, 0.717) is 11.4 Å². The van der Waals surface area contributed by atoms with Gasteiger partial charge in [0.15, 0.2) is 0 Å². The van der Waals surface area contributed by atoms with Gasteiger partial charge >= 0.3 is 0 Å². The first-order valence-corrected chi connectivity index (χ1v) is 9.32. The zero-order chi connectivity index (χ0) is 17.9. The van der Waals surface area contributed by atoms with E-state index in [1.54, 1.807) is 37.4 Å². The van der Waals surface area contributed by atoms with E-state index in [4.69, 9.17) is 0 Å². The molecule has 24 heavy (non-hydrogen) atoms. The van der Waals surface area contributed by atoms with Gasteiger partial charge in [-0.05, 0) is 56.2 Å². The van der Waals surface area contributed by atoms with Crippen LogP contribution in [0.4, 0.5) is 11.4 Å². The summed E-state index contributed by atoms with van der Waals surface area (Å²) in [6.45, 7) is 5.41. The summed E-state index contributed by atoms with van der Waals surface area (Å²) in [7, 11) is -3.63. The Morgan fingerprint density at radius 3 is 2.46 bits per heavy atom. The van der Waals surface area contributed by atoms with Crippen LogP contribution in [-0.4, -0.2) is 31.6 Å². The topological polar surface area (TPSA) is 79.4 Å². The number of anilines is 2. The Balaban J connectivity index is 2.34. The standard InChI is InChI=1S/C17H21N3O3S/c1-12-7-8-16(10-13(12)2)20(24(4,22)23)14(3)17(21)19-15-6-5-9-18-11-15/h5-11,14H,1-4H3,(H,19,21)/t14-/m1/s1. The fraction of sp³-hybridized carbons (Fsp3) is 0.294. The summed E-state index contributed by atoms with van der Waals surface area (Å²) in [5.41, 5.74) is 3.00. The number of hydrogen-bond donors (Lipinski definition) is 1. The molecule has 0 fully saturated rings. The molecule has 1 aromatic carbocycles. The molecule has 1 heterocycles. The third-order valence-electron chi connectivity index (χ3n) is 3.76. The van der Waals surface area contributed by atoms with Crippen LogP contribution in [0.5, 0.6) is 0 Å². The Bertz CT molecular complexity index is 835. The van der Waals surface area contributed by atoms with Crippen LogP contribution in [0, 0.1) is 13.8 Å². The second-order valence-corrected chi connectivity index (χ2v) is 7.59. The lowest BCUT2D eigenvalue weighted by atomic mass is 10.1. The molecule has 0 saturated carbocycles. The van der Waals surface area contributed by atoms with E-state index in [2.05, 4.69) is 10.3 Å². The van der Waals surface area contributed by atoms with Crippen LogP contribution < -0.4 is 9.62 Å². The van der Waals surface area contributed by atoms with Gasteiger partial charge in [0.25, 0.3) is 0 Å². The van der Waals surface area contributed by atoms with Gasteiger partial charge in [-0.25, -0.2) is 8.42 Å². The van der Waals surface area contributed by atoms with E-state index < -0.39 is 22.0 Å². The number of hydrogen-bond acceptors (Lipinski definition) is 4. The molecule has 7 heteroatoms. The van der Waals surface area contributed by atoms with Crippen molar-refractivity contribution in [3.63, 3.8) is 0 Å². The molecule has 128 valence electrons. The minimum absolute atomic E-state index is 0.424. The Morgan fingerprint density at radius 2 is 1.92 bits per heavy atom. The third-order valence-corrected chi connectivity index (χ3v) is 5.00. The molecular formula is C17H21N3O3S. The minimum Gasteiger partial charge on any atom is -0.323 e. The lowest BCUT2D eigenvalue weighted by molar-refractivity contribution is -0.116. The molecule has 1 aromatic heterocycles. The molecular weight excluding hydrogens is 326 g/mol. The first-order chi connectivity index (χ1) is 11.2. The molecule has 2 aromatic rings. The molecule has 0 aliphatic heterocycles. The molecule has 0 bridgehead atoms. The number of rotatable bonds is 5. The fourth-order valence-corrected chi connectivity index (χ4v) is 3.52. The van der Waals surface area contributed by atoms with Gasteiger partial charge in [-0.2, -0.15) is 0 Å². The molecule has 0 unspecified atom stereocenters. The van der Waals surface area contributed by atoms with Crippen LogP contribution in [0.3, 0.4) is 0 Å². The predicted octanol–water partition coefficient (Wildman–Crippen LogP) is 2.49. The normalized spacial score (nSPS) is 12.5. The Morgan fingerprint density at radius 1 is 1.21 bits per heavy atom. The molecule has 1 atom stereocenters. The van der Waals surface area contributed by atoms with Crippen molar-refractivity contribution < 1.29 is 13.2 Å². The van der Waals surface area contributed by atoms with Crippen molar-refractivity contribution in [1.29, 1.82) is 0 Å². The number of carbonyl (C=O) groups is 1. The van der Waals surface area contributed by atoms with Crippen molar-refractivity contribution in [3.8, 4) is 0 Å². The van der Waals surface area contributed by atoms with E-state index in [1.165, 1.54) is 6.20 Å². The van der Waals surface area contributed by atoms with Crippen molar-refractivity contribution in [2.24, 2.45) is 0 Å². The summed E-state index contributed by atoms with van der Waals surface area (Å²) in [5, 5.41) is 2.68. The van der Waals surface area contributed by atoms with Gasteiger partial charge in [-0.1, -0.05) is 6.07 Å². The van der Waals surface area contributed by atoms with E-state index in [0.717, 1.165) is 21.7 Å². The summed E-state index contributed by atoms with van der Waals surface area (Å²) < 4.78 is 25.7. The minimum atomic E-state index is -3.63. The molecule has 0 aliphatic rings. The molecule has 0 spiro atoms. The first-order valence-electron chi connectivity index (χ1n) is 7.47. The number of sulfonamides is 1. The second kappa shape index (κ2) is 7.00. The van der Waals surface area contributed by atoms with Crippen molar-refractivity contribution in [3.05, 3.63) is 53.9 Å². The van der Waals surface area contributed by atoms with Crippen LogP contribution in [0.25, 0.3) is 0 Å². The SMILES string of the molecule is Cc1ccc(N([C@H](C)C(=O)Nc2cccnc2)S(C)(=O)=O)cc1C. The largest absolute Gasteiger partial charge is 0.323 e. The van der Waals surface area contributed by atoms with E-state index in [1.807, 2.05) is 19.9 Å². The van der Waals surface area contributed by atoms with Gasteiger partial charge in [0.05, 0.1) is 23.8 Å². The lowest BCUT2D eigenvalue weighted by Crippen LogP contribution is -2.45. The Hall–Kier alpha value is -2.41. The number of aryl methyl sites for hydroxylation is 2. The molecule has 0 aliphatic carbocycles. The zero-order valence-corrected chi connectivity index (χ0v) is 15.0. The summed E-state index contributed by atoms with van der Waals surface area (Å²) in [6.07, 6.45) is 4.19. The number of nitrogens with one attached hydrogen (secondary N) is 1. The number of nitrogens with zero attached hydrogens (tertiary/aromatic N) is 2. The van der Waals surface area contributed by atoms with E-state index in [9.17, 15) is 13.2 Å². The average Bonchev–Trinajstić information content (AvgIpc) is 2.50. The average molecular weight is 347 g/mol. The summed E-state index contributed by atoms with van der Waals surface area (Å²) in [6, 6.07) is 7.80. The highest BCUT2D eigenvalue weighted by molar-refractivity contribution is 7.92. The number of amides is 1. The van der Waals surface area contributed by atoms with Gasteiger partial charge in [-0.15, -0.1) is 0 Å². The third kappa shape index (κ3) is 4.11. The maximum Gasteiger partial charge on any atom is 0.248 e. The zero-order valence-electron chi connectivity index (χ0n) is 14.1. The monoisotopic (exact) mass is 347 g/mol. The van der Waals surface area contributed by atoms with Crippen molar-refractivity contribution in [2.75, 3.05) is 15.9 Å². The van der Waals surface area contributed by atoms with Crippen LogP contribution in [0.2, 0.25) is 0 Å². The van der Waals surface area contributed by atoms with Gasteiger partial charge < -0.3 is 5.32 Å². The van der Waals surface area contributed by atoms with Crippen molar-refractivity contribution >= 4 is 27.3 Å². The van der Waals surface area contributed by atoms with Crippen molar-refractivity contribution in [1.82, 2.24) is 4.98 Å². The maximum atomic E-state index is 12.5. The quantitative estimate of drug-likeness (QED) is 0.901. The Labute approximate surface area is 142 Å². The van der Waals surface area contributed by atoms with Gasteiger partial charge in [-0.3, -0.25) is 14.1 Å². The summed E-state index contributed by atoms with van der Waals surface area (Å²) in [4.78, 5) is 16.4. The van der Waals surface area contributed by atoms with Crippen molar-refractivity contribution in [2.45, 2.75) is 26.8 Å². The highest BCUT2D eigenvalue weighted by Crippen LogP contribution is 2.24. The number of benzene rings is 1. The lowest BCUT2D eigenvalue weighted by Gasteiger charge is -2.28. The highest BCUT2D eigenvalue weighted by atomic mass is 32.2. The Kier molecular flexibility index (Phi) is 5.23. The van der Waals surface area contributed by atoms with Crippen LogP contribution >= 0.6 is 0 Å². The van der Waals surface area contributed by atoms with Gasteiger partial charge in [0, 0.05) is 6.20 Å². The molecule has 1 N–H and O–H groups in total. The maximum absolute atomic E-state index is 12.5. The van der Waals surface area contributed by atoms with Crippen LogP contribution in [-0.2, 0) is 14.8 Å². The molecule has 6 nitrogen and oxygen atoms in total. The molecule has 0 radical (unpaired) electrons. The number of aromatic nitrogens is 1. The second-order valence-electron chi connectivity index (χ2n) is 5.73.